The summed E-state index contributed by atoms with van der Waals surface area (Å²) in [7, 11) is -2.88. The highest BCUT2D eigenvalue weighted by molar-refractivity contribution is 7.91. The standard InChI is InChI=1S/C7H14N4O2S/c1-2-14(12,13)5-3-4-11-9-6-7(8)10-11/h6H,2-5H2,1H3,(H2,8,10). The van der Waals surface area contributed by atoms with Crippen molar-refractivity contribution in [1.82, 2.24) is 15.0 Å². The Kier molecular flexibility index (Phi) is 3.45. The van der Waals surface area contributed by atoms with Crippen LogP contribution in [0.2, 0.25) is 0 Å². The van der Waals surface area contributed by atoms with Crippen LogP contribution in [0.4, 0.5) is 5.82 Å². The molecule has 1 aromatic rings. The molecule has 0 spiro atoms. The minimum atomic E-state index is -2.88. The number of hydrogen-bond acceptors (Lipinski definition) is 5. The quantitative estimate of drug-likeness (QED) is 0.731. The second kappa shape index (κ2) is 4.41. The Balaban J connectivity index is 2.36. The smallest absolute Gasteiger partial charge is 0.165 e. The first-order valence-electron chi connectivity index (χ1n) is 4.39. The number of nitrogens with zero attached hydrogens (tertiary/aromatic N) is 3. The summed E-state index contributed by atoms with van der Waals surface area (Å²) in [5.41, 5.74) is 5.35. The van der Waals surface area contributed by atoms with Gasteiger partial charge in [-0.1, -0.05) is 6.92 Å². The summed E-state index contributed by atoms with van der Waals surface area (Å²) < 4.78 is 22.2. The van der Waals surface area contributed by atoms with Gasteiger partial charge < -0.3 is 5.73 Å². The lowest BCUT2D eigenvalue weighted by atomic mass is 10.5. The number of aromatic nitrogens is 3. The number of sulfone groups is 1. The minimum Gasteiger partial charge on any atom is -0.381 e. The highest BCUT2D eigenvalue weighted by atomic mass is 32.2. The monoisotopic (exact) mass is 218 g/mol. The average Bonchev–Trinajstić information content (AvgIpc) is 2.51. The molecule has 0 aliphatic carbocycles. The molecule has 0 saturated heterocycles. The number of hydrogen-bond donors (Lipinski definition) is 1. The van der Waals surface area contributed by atoms with Crippen molar-refractivity contribution in [3.8, 4) is 0 Å². The topological polar surface area (TPSA) is 90.9 Å². The predicted octanol–water partition coefficient (Wildman–Crippen LogP) is -0.315. The second-order valence-corrected chi connectivity index (χ2v) is 5.43. The lowest BCUT2D eigenvalue weighted by Gasteiger charge is -2.00. The van der Waals surface area contributed by atoms with Crippen molar-refractivity contribution < 1.29 is 8.42 Å². The highest BCUT2D eigenvalue weighted by Gasteiger charge is 2.07. The van der Waals surface area contributed by atoms with Gasteiger partial charge in [0.15, 0.2) is 5.82 Å². The lowest BCUT2D eigenvalue weighted by molar-refractivity contribution is 0.524. The van der Waals surface area contributed by atoms with E-state index in [4.69, 9.17) is 5.73 Å². The van der Waals surface area contributed by atoms with E-state index in [1.54, 1.807) is 6.92 Å². The number of nitrogens with two attached hydrogens (primary N) is 1. The second-order valence-electron chi connectivity index (χ2n) is 2.96. The molecule has 0 unspecified atom stereocenters. The number of anilines is 1. The molecule has 1 rings (SSSR count). The molecule has 0 aliphatic heterocycles. The number of aryl methyl sites for hydroxylation is 1. The molecule has 2 N–H and O–H groups in total. The van der Waals surface area contributed by atoms with Gasteiger partial charge in [0.1, 0.15) is 9.84 Å². The van der Waals surface area contributed by atoms with Gasteiger partial charge in [-0.25, -0.2) is 8.42 Å². The Morgan fingerprint density at radius 3 is 2.79 bits per heavy atom. The van der Waals surface area contributed by atoms with E-state index in [0.717, 1.165) is 0 Å². The summed E-state index contributed by atoms with van der Waals surface area (Å²) in [5, 5.41) is 7.69. The fourth-order valence-electron chi connectivity index (χ4n) is 0.989. The molecule has 0 radical (unpaired) electrons. The molecule has 14 heavy (non-hydrogen) atoms. The molecule has 0 bridgehead atoms. The molecule has 7 heteroatoms. The van der Waals surface area contributed by atoms with E-state index in [0.29, 0.717) is 18.8 Å². The average molecular weight is 218 g/mol. The van der Waals surface area contributed by atoms with Crippen LogP contribution in [0.5, 0.6) is 0 Å². The van der Waals surface area contributed by atoms with Crippen LogP contribution in [-0.4, -0.2) is 34.9 Å². The van der Waals surface area contributed by atoms with Gasteiger partial charge in [-0.15, -0.1) is 5.10 Å². The van der Waals surface area contributed by atoms with Gasteiger partial charge >= 0.3 is 0 Å². The van der Waals surface area contributed by atoms with Crippen LogP contribution in [0, 0.1) is 0 Å². The predicted molar refractivity (Wildman–Crippen MR) is 53.4 cm³/mol. The maximum Gasteiger partial charge on any atom is 0.165 e. The molecular weight excluding hydrogens is 204 g/mol. The molecule has 1 aromatic heterocycles. The van der Waals surface area contributed by atoms with Crippen LogP contribution >= 0.6 is 0 Å². The molecule has 0 aliphatic rings. The molecule has 1 heterocycles. The zero-order valence-corrected chi connectivity index (χ0v) is 8.87. The fourth-order valence-corrected chi connectivity index (χ4v) is 1.85. The van der Waals surface area contributed by atoms with Crippen molar-refractivity contribution in [2.75, 3.05) is 17.2 Å². The van der Waals surface area contributed by atoms with Gasteiger partial charge in [0.05, 0.1) is 18.5 Å². The van der Waals surface area contributed by atoms with Crippen LogP contribution in [0.25, 0.3) is 0 Å². The Labute approximate surface area is 83.0 Å². The third-order valence-electron chi connectivity index (χ3n) is 1.81. The first kappa shape index (κ1) is 11.0. The van der Waals surface area contributed by atoms with E-state index in [-0.39, 0.29) is 11.5 Å². The Hall–Kier alpha value is -1.11. The molecule has 0 saturated carbocycles. The Morgan fingerprint density at radius 1 is 1.57 bits per heavy atom. The van der Waals surface area contributed by atoms with Gasteiger partial charge in [-0.3, -0.25) is 0 Å². The molecule has 0 aromatic carbocycles. The van der Waals surface area contributed by atoms with Gasteiger partial charge in [0, 0.05) is 5.75 Å². The van der Waals surface area contributed by atoms with Crippen LogP contribution in [0.15, 0.2) is 6.20 Å². The van der Waals surface area contributed by atoms with Crippen molar-refractivity contribution >= 4 is 15.7 Å². The summed E-state index contributed by atoms with van der Waals surface area (Å²) in [6.45, 7) is 2.12. The van der Waals surface area contributed by atoms with Crippen LogP contribution in [-0.2, 0) is 16.4 Å². The van der Waals surface area contributed by atoms with E-state index < -0.39 is 9.84 Å². The third-order valence-corrected chi connectivity index (χ3v) is 3.60. The molecule has 80 valence electrons. The normalized spacial score (nSPS) is 11.8. The number of nitrogen functional groups attached to an aromatic ring is 1. The summed E-state index contributed by atoms with van der Waals surface area (Å²) in [6.07, 6.45) is 1.96. The SMILES string of the molecule is CCS(=O)(=O)CCCn1ncc(N)n1. The first-order valence-corrected chi connectivity index (χ1v) is 6.21. The summed E-state index contributed by atoms with van der Waals surface area (Å²) in [4.78, 5) is 1.40. The van der Waals surface area contributed by atoms with Crippen molar-refractivity contribution in [1.29, 1.82) is 0 Å². The van der Waals surface area contributed by atoms with Crippen molar-refractivity contribution in [2.24, 2.45) is 0 Å². The van der Waals surface area contributed by atoms with Crippen LogP contribution < -0.4 is 5.73 Å². The molecule has 0 amide bonds. The van der Waals surface area contributed by atoms with E-state index in [2.05, 4.69) is 10.2 Å². The maximum atomic E-state index is 11.1. The lowest BCUT2D eigenvalue weighted by Crippen LogP contribution is -2.12. The zero-order chi connectivity index (χ0) is 10.6. The molecule has 0 atom stereocenters. The summed E-state index contributed by atoms with van der Waals surface area (Å²) in [5.74, 6) is 0.704. The van der Waals surface area contributed by atoms with Gasteiger partial charge in [0.2, 0.25) is 0 Å². The maximum absolute atomic E-state index is 11.1. The van der Waals surface area contributed by atoms with Crippen molar-refractivity contribution in [3.05, 3.63) is 6.20 Å². The van der Waals surface area contributed by atoms with Crippen LogP contribution in [0.1, 0.15) is 13.3 Å². The fraction of sp³-hybridized carbons (Fsp3) is 0.714. The molecular formula is C7H14N4O2S. The van der Waals surface area contributed by atoms with E-state index in [1.165, 1.54) is 11.0 Å². The van der Waals surface area contributed by atoms with Crippen molar-refractivity contribution in [2.45, 2.75) is 19.9 Å². The largest absolute Gasteiger partial charge is 0.381 e. The highest BCUT2D eigenvalue weighted by Crippen LogP contribution is 1.97. The number of rotatable bonds is 5. The van der Waals surface area contributed by atoms with Crippen molar-refractivity contribution in [3.63, 3.8) is 0 Å². The Bertz CT molecular complexity index is 384. The molecule has 6 nitrogen and oxygen atoms in total. The third kappa shape index (κ3) is 3.33. The summed E-state index contributed by atoms with van der Waals surface area (Å²) in [6, 6.07) is 0. The van der Waals surface area contributed by atoms with E-state index >= 15 is 0 Å². The molecule has 0 fully saturated rings. The minimum absolute atomic E-state index is 0.172. The first-order chi connectivity index (χ1) is 6.53. The van der Waals surface area contributed by atoms with Crippen LogP contribution in [0.3, 0.4) is 0 Å². The van der Waals surface area contributed by atoms with E-state index in [9.17, 15) is 8.42 Å². The zero-order valence-electron chi connectivity index (χ0n) is 8.05. The Morgan fingerprint density at radius 2 is 2.29 bits per heavy atom. The van der Waals surface area contributed by atoms with Gasteiger partial charge in [0.25, 0.3) is 0 Å². The van der Waals surface area contributed by atoms with Gasteiger partial charge in [-0.2, -0.15) is 9.90 Å². The summed E-state index contributed by atoms with van der Waals surface area (Å²) >= 11 is 0. The van der Waals surface area contributed by atoms with Gasteiger partial charge in [-0.05, 0) is 6.42 Å². The van der Waals surface area contributed by atoms with E-state index in [1.807, 2.05) is 0 Å².